The lowest BCUT2D eigenvalue weighted by Gasteiger charge is -2.03. The summed E-state index contributed by atoms with van der Waals surface area (Å²) in [5.74, 6) is 0. The predicted octanol–water partition coefficient (Wildman–Crippen LogP) is 2.77. The van der Waals surface area contributed by atoms with Crippen molar-refractivity contribution >= 4 is 22.5 Å². The summed E-state index contributed by atoms with van der Waals surface area (Å²) in [5.41, 5.74) is 8.26. The Hall–Kier alpha value is -0.990. The molecule has 0 aliphatic heterocycles. The number of aromatic amines is 1. The summed E-state index contributed by atoms with van der Waals surface area (Å²) in [5, 5.41) is 1.91. The lowest BCUT2D eigenvalue weighted by molar-refractivity contribution is 0.717. The summed E-state index contributed by atoms with van der Waals surface area (Å²) in [4.78, 5) is 3.34. The molecule has 0 radical (unpaired) electrons. The first-order valence-corrected chi connectivity index (χ1v) is 5.13. The third kappa shape index (κ3) is 1.15. The van der Waals surface area contributed by atoms with Crippen LogP contribution in [0.15, 0.2) is 24.3 Å². The maximum absolute atomic E-state index is 6.11. The molecule has 1 heterocycles. The fourth-order valence-electron chi connectivity index (χ4n) is 1.78. The van der Waals surface area contributed by atoms with Crippen molar-refractivity contribution in [3.8, 4) is 0 Å². The summed E-state index contributed by atoms with van der Waals surface area (Å²) in [7, 11) is 0. The molecular formula is C11H11ClN2. The highest BCUT2D eigenvalue weighted by Gasteiger charge is 2.41. The fraction of sp³-hybridized carbons (Fsp3) is 0.273. The number of benzene rings is 1. The average molecular weight is 207 g/mol. The molecule has 2 aromatic rings. The second-order valence-corrected chi connectivity index (χ2v) is 4.51. The molecule has 1 aromatic heterocycles. The van der Waals surface area contributed by atoms with Crippen molar-refractivity contribution in [2.75, 3.05) is 0 Å². The van der Waals surface area contributed by atoms with Gasteiger partial charge in [-0.2, -0.15) is 0 Å². The van der Waals surface area contributed by atoms with E-state index >= 15 is 0 Å². The van der Waals surface area contributed by atoms with Crippen molar-refractivity contribution in [2.24, 2.45) is 5.73 Å². The van der Waals surface area contributed by atoms with E-state index in [2.05, 4.69) is 11.1 Å². The summed E-state index contributed by atoms with van der Waals surface area (Å²) in [6, 6.07) is 7.95. The van der Waals surface area contributed by atoms with E-state index in [9.17, 15) is 0 Å². The van der Waals surface area contributed by atoms with E-state index in [1.54, 1.807) is 0 Å². The molecule has 0 saturated heterocycles. The lowest BCUT2D eigenvalue weighted by Crippen LogP contribution is -2.18. The maximum Gasteiger partial charge on any atom is 0.0563 e. The van der Waals surface area contributed by atoms with Crippen LogP contribution in [0.4, 0.5) is 0 Å². The second-order valence-electron chi connectivity index (χ2n) is 4.07. The van der Waals surface area contributed by atoms with Crippen LogP contribution in [0.1, 0.15) is 18.5 Å². The molecule has 1 aliphatic rings. The first-order chi connectivity index (χ1) is 6.67. The van der Waals surface area contributed by atoms with Crippen LogP contribution in [0.25, 0.3) is 10.9 Å². The van der Waals surface area contributed by atoms with Crippen molar-refractivity contribution in [3.05, 3.63) is 35.0 Å². The monoisotopic (exact) mass is 206 g/mol. The Balaban J connectivity index is 2.20. The standard InChI is InChI=1S/C11H11ClN2/c12-8-1-2-9-7(5-8)6-10(14-9)11(13)3-4-11/h1-2,5-6,14H,3-4,13H2. The van der Waals surface area contributed by atoms with Crippen LogP contribution in [-0.2, 0) is 5.54 Å². The van der Waals surface area contributed by atoms with E-state index in [1.807, 2.05) is 18.2 Å². The van der Waals surface area contributed by atoms with Crippen LogP contribution < -0.4 is 5.73 Å². The SMILES string of the molecule is NC1(c2cc3cc(Cl)ccc3[nH]2)CC1. The van der Waals surface area contributed by atoms with Gasteiger partial charge < -0.3 is 10.7 Å². The van der Waals surface area contributed by atoms with E-state index in [0.717, 1.165) is 34.5 Å². The highest BCUT2D eigenvalue weighted by atomic mass is 35.5. The van der Waals surface area contributed by atoms with Gasteiger partial charge >= 0.3 is 0 Å². The largest absolute Gasteiger partial charge is 0.357 e. The zero-order valence-electron chi connectivity index (χ0n) is 7.68. The molecule has 2 nitrogen and oxygen atoms in total. The van der Waals surface area contributed by atoms with Gasteiger partial charge in [0.25, 0.3) is 0 Å². The van der Waals surface area contributed by atoms with Crippen LogP contribution in [0.2, 0.25) is 5.02 Å². The third-order valence-corrected chi connectivity index (χ3v) is 3.14. The quantitative estimate of drug-likeness (QED) is 0.740. The molecular weight excluding hydrogens is 196 g/mol. The molecule has 0 unspecified atom stereocenters. The van der Waals surface area contributed by atoms with Gasteiger partial charge in [0.15, 0.2) is 0 Å². The number of aromatic nitrogens is 1. The van der Waals surface area contributed by atoms with Gasteiger partial charge in [0.1, 0.15) is 0 Å². The van der Waals surface area contributed by atoms with E-state index in [4.69, 9.17) is 17.3 Å². The van der Waals surface area contributed by atoms with Crippen molar-refractivity contribution in [1.82, 2.24) is 4.98 Å². The number of hydrogen-bond acceptors (Lipinski definition) is 1. The molecule has 14 heavy (non-hydrogen) atoms. The number of nitrogens with one attached hydrogen (secondary N) is 1. The molecule has 0 atom stereocenters. The van der Waals surface area contributed by atoms with Crippen LogP contribution in [0.3, 0.4) is 0 Å². The molecule has 0 amide bonds. The average Bonchev–Trinajstić information content (AvgIpc) is 2.77. The molecule has 3 heteroatoms. The van der Waals surface area contributed by atoms with Gasteiger partial charge in [0, 0.05) is 21.6 Å². The van der Waals surface area contributed by atoms with Crippen molar-refractivity contribution in [1.29, 1.82) is 0 Å². The van der Waals surface area contributed by atoms with Crippen molar-refractivity contribution in [3.63, 3.8) is 0 Å². The summed E-state index contributed by atoms with van der Waals surface area (Å²) in [6.07, 6.45) is 2.15. The molecule has 3 N–H and O–H groups in total. The van der Waals surface area contributed by atoms with Gasteiger partial charge in [-0.1, -0.05) is 11.6 Å². The first kappa shape index (κ1) is 8.33. The van der Waals surface area contributed by atoms with E-state index in [1.165, 1.54) is 0 Å². The minimum absolute atomic E-state index is 0.0918. The van der Waals surface area contributed by atoms with Gasteiger partial charge in [0.2, 0.25) is 0 Å². The Morgan fingerprint density at radius 2 is 2.07 bits per heavy atom. The van der Waals surface area contributed by atoms with Crippen LogP contribution >= 0.6 is 11.6 Å². The predicted molar refractivity (Wildman–Crippen MR) is 58.4 cm³/mol. The number of H-pyrrole nitrogens is 1. The zero-order chi connectivity index (χ0) is 9.76. The van der Waals surface area contributed by atoms with Gasteiger partial charge in [-0.15, -0.1) is 0 Å². The summed E-state index contributed by atoms with van der Waals surface area (Å²) in [6.45, 7) is 0. The number of rotatable bonds is 1. The maximum atomic E-state index is 6.11. The minimum atomic E-state index is -0.0918. The second kappa shape index (κ2) is 2.53. The molecule has 0 spiro atoms. The smallest absolute Gasteiger partial charge is 0.0563 e. The molecule has 72 valence electrons. The van der Waals surface area contributed by atoms with E-state index < -0.39 is 0 Å². The molecule has 3 rings (SSSR count). The van der Waals surface area contributed by atoms with Gasteiger partial charge in [-0.25, -0.2) is 0 Å². The Kier molecular flexibility index (Phi) is 1.50. The Bertz CT molecular complexity index is 497. The minimum Gasteiger partial charge on any atom is -0.357 e. The fourth-order valence-corrected chi connectivity index (χ4v) is 1.96. The topological polar surface area (TPSA) is 41.8 Å². The van der Waals surface area contributed by atoms with Gasteiger partial charge in [-0.05, 0) is 37.1 Å². The lowest BCUT2D eigenvalue weighted by atomic mass is 10.2. The van der Waals surface area contributed by atoms with Crippen LogP contribution in [0, 0.1) is 0 Å². The van der Waals surface area contributed by atoms with E-state index in [0.29, 0.717) is 0 Å². The highest BCUT2D eigenvalue weighted by molar-refractivity contribution is 6.31. The highest BCUT2D eigenvalue weighted by Crippen LogP contribution is 2.43. The van der Waals surface area contributed by atoms with Gasteiger partial charge in [0.05, 0.1) is 5.54 Å². The summed E-state index contributed by atoms with van der Waals surface area (Å²) >= 11 is 5.91. The normalized spacial score (nSPS) is 18.7. The Labute approximate surface area is 87.1 Å². The Morgan fingerprint density at radius 1 is 1.29 bits per heavy atom. The number of hydrogen-bond donors (Lipinski definition) is 2. The first-order valence-electron chi connectivity index (χ1n) is 4.75. The zero-order valence-corrected chi connectivity index (χ0v) is 8.43. The number of halogens is 1. The number of fused-ring (bicyclic) bond motifs is 1. The molecule has 1 aromatic carbocycles. The molecule has 1 fully saturated rings. The van der Waals surface area contributed by atoms with Crippen LogP contribution in [-0.4, -0.2) is 4.98 Å². The van der Waals surface area contributed by atoms with Crippen LogP contribution in [0.5, 0.6) is 0 Å². The van der Waals surface area contributed by atoms with E-state index in [-0.39, 0.29) is 5.54 Å². The molecule has 1 aliphatic carbocycles. The Morgan fingerprint density at radius 3 is 2.79 bits per heavy atom. The van der Waals surface area contributed by atoms with Gasteiger partial charge in [-0.3, -0.25) is 0 Å². The third-order valence-electron chi connectivity index (χ3n) is 2.91. The van der Waals surface area contributed by atoms with Crippen molar-refractivity contribution < 1.29 is 0 Å². The number of nitrogens with two attached hydrogens (primary N) is 1. The molecule has 1 saturated carbocycles. The molecule has 0 bridgehead atoms. The summed E-state index contributed by atoms with van der Waals surface area (Å²) < 4.78 is 0. The van der Waals surface area contributed by atoms with Crippen molar-refractivity contribution in [2.45, 2.75) is 18.4 Å².